The fourth-order valence-corrected chi connectivity index (χ4v) is 2.74. The van der Waals surface area contributed by atoms with Crippen molar-refractivity contribution in [3.8, 4) is 0 Å². The Morgan fingerprint density at radius 3 is 2.56 bits per heavy atom. The van der Waals surface area contributed by atoms with Crippen molar-refractivity contribution < 1.29 is 5.11 Å². The molecule has 0 fully saturated rings. The van der Waals surface area contributed by atoms with Crippen LogP contribution in [0.1, 0.15) is 31.7 Å². The second-order valence-corrected chi connectivity index (χ2v) is 6.11. The molecular formula is C14H22ClNOS. The molecule has 1 aromatic rings. The third-order valence-electron chi connectivity index (χ3n) is 3.15. The molecule has 0 aromatic heterocycles. The van der Waals surface area contributed by atoms with E-state index in [2.05, 4.69) is 12.1 Å². The van der Waals surface area contributed by atoms with Crippen LogP contribution in [0.5, 0.6) is 0 Å². The van der Waals surface area contributed by atoms with Gasteiger partial charge in [0.2, 0.25) is 0 Å². The van der Waals surface area contributed by atoms with Crippen molar-refractivity contribution in [1.29, 1.82) is 0 Å². The van der Waals surface area contributed by atoms with Gasteiger partial charge in [-0.15, -0.1) is 0 Å². The molecule has 0 radical (unpaired) electrons. The Morgan fingerprint density at radius 1 is 1.33 bits per heavy atom. The number of thioether (sulfide) groups is 1. The van der Waals surface area contributed by atoms with Gasteiger partial charge in [0.25, 0.3) is 0 Å². The molecule has 3 N–H and O–H groups in total. The van der Waals surface area contributed by atoms with Crippen molar-refractivity contribution in [3.63, 3.8) is 0 Å². The number of hydrogen-bond acceptors (Lipinski definition) is 3. The monoisotopic (exact) mass is 287 g/mol. The molecule has 0 amide bonds. The Morgan fingerprint density at radius 2 is 2.00 bits per heavy atom. The molecule has 0 aliphatic rings. The van der Waals surface area contributed by atoms with Crippen LogP contribution < -0.4 is 5.73 Å². The normalized spacial score (nSPS) is 14.4. The average molecular weight is 288 g/mol. The fourth-order valence-electron chi connectivity index (χ4n) is 1.70. The zero-order chi connectivity index (χ0) is 13.4. The number of aliphatic hydroxyl groups is 1. The number of nitrogens with two attached hydrogens (primary N) is 1. The van der Waals surface area contributed by atoms with Crippen molar-refractivity contribution in [2.45, 2.75) is 37.5 Å². The lowest BCUT2D eigenvalue weighted by atomic mass is 9.95. The van der Waals surface area contributed by atoms with E-state index in [1.54, 1.807) is 0 Å². The van der Waals surface area contributed by atoms with Crippen LogP contribution >= 0.6 is 23.4 Å². The molecule has 1 aromatic carbocycles. The van der Waals surface area contributed by atoms with E-state index in [1.165, 1.54) is 5.56 Å². The molecule has 2 nitrogen and oxygen atoms in total. The summed E-state index contributed by atoms with van der Waals surface area (Å²) in [5, 5.41) is 10.8. The lowest BCUT2D eigenvalue weighted by Gasteiger charge is -2.24. The lowest BCUT2D eigenvalue weighted by Crippen LogP contribution is -2.36. The molecular weight excluding hydrogens is 266 g/mol. The zero-order valence-corrected chi connectivity index (χ0v) is 12.4. The molecule has 1 unspecified atom stereocenters. The standard InChI is InChI=1S/C14H22ClNOS/c1-2-14(17,11-16)8-3-9-18-10-12-4-6-13(15)7-5-12/h4-7,17H,2-3,8-11,16H2,1H3. The van der Waals surface area contributed by atoms with E-state index >= 15 is 0 Å². The van der Waals surface area contributed by atoms with Crippen LogP contribution in [0.25, 0.3) is 0 Å². The first kappa shape index (κ1) is 15.8. The minimum atomic E-state index is -0.666. The smallest absolute Gasteiger partial charge is 0.0767 e. The van der Waals surface area contributed by atoms with Crippen LogP contribution in [-0.2, 0) is 5.75 Å². The molecule has 0 aliphatic heterocycles. The highest BCUT2D eigenvalue weighted by molar-refractivity contribution is 7.98. The Hall–Kier alpha value is -0.220. The number of halogens is 1. The van der Waals surface area contributed by atoms with E-state index in [0.29, 0.717) is 6.54 Å². The Kier molecular flexibility index (Phi) is 7.08. The van der Waals surface area contributed by atoms with Gasteiger partial charge in [0.15, 0.2) is 0 Å². The maximum Gasteiger partial charge on any atom is 0.0767 e. The number of rotatable bonds is 8. The van der Waals surface area contributed by atoms with Gasteiger partial charge in [-0.05, 0) is 42.7 Å². The van der Waals surface area contributed by atoms with Crippen molar-refractivity contribution in [2.75, 3.05) is 12.3 Å². The van der Waals surface area contributed by atoms with Gasteiger partial charge in [-0.2, -0.15) is 11.8 Å². The van der Waals surface area contributed by atoms with E-state index in [1.807, 2.05) is 30.8 Å². The van der Waals surface area contributed by atoms with Crippen LogP contribution in [0, 0.1) is 0 Å². The highest BCUT2D eigenvalue weighted by Crippen LogP contribution is 2.20. The molecule has 0 aliphatic carbocycles. The van der Waals surface area contributed by atoms with E-state index in [0.717, 1.165) is 35.8 Å². The van der Waals surface area contributed by atoms with Crippen molar-refractivity contribution in [2.24, 2.45) is 5.73 Å². The number of benzene rings is 1. The Balaban J connectivity index is 2.17. The molecule has 0 spiro atoms. The Labute approximate surface area is 119 Å². The molecule has 0 bridgehead atoms. The topological polar surface area (TPSA) is 46.2 Å². The minimum Gasteiger partial charge on any atom is -0.389 e. The molecule has 1 rings (SSSR count). The summed E-state index contributed by atoms with van der Waals surface area (Å²) < 4.78 is 0. The highest BCUT2D eigenvalue weighted by atomic mass is 35.5. The van der Waals surface area contributed by atoms with Crippen molar-refractivity contribution >= 4 is 23.4 Å². The maximum absolute atomic E-state index is 10.0. The third kappa shape index (κ3) is 5.61. The lowest BCUT2D eigenvalue weighted by molar-refractivity contribution is 0.0360. The maximum atomic E-state index is 10.0. The molecule has 18 heavy (non-hydrogen) atoms. The first-order chi connectivity index (χ1) is 8.59. The summed E-state index contributed by atoms with van der Waals surface area (Å²) in [6.07, 6.45) is 2.51. The summed E-state index contributed by atoms with van der Waals surface area (Å²) in [6, 6.07) is 7.94. The van der Waals surface area contributed by atoms with Gasteiger partial charge in [-0.3, -0.25) is 0 Å². The van der Waals surface area contributed by atoms with Gasteiger partial charge in [0, 0.05) is 17.3 Å². The SMILES string of the molecule is CCC(O)(CN)CCCSCc1ccc(Cl)cc1. The van der Waals surface area contributed by atoms with Gasteiger partial charge in [-0.25, -0.2) is 0 Å². The van der Waals surface area contributed by atoms with E-state index in [-0.39, 0.29) is 0 Å². The van der Waals surface area contributed by atoms with Gasteiger partial charge >= 0.3 is 0 Å². The van der Waals surface area contributed by atoms with Gasteiger partial charge in [0.05, 0.1) is 5.60 Å². The van der Waals surface area contributed by atoms with Gasteiger partial charge in [-0.1, -0.05) is 30.7 Å². The van der Waals surface area contributed by atoms with Gasteiger partial charge < -0.3 is 10.8 Å². The third-order valence-corrected chi connectivity index (χ3v) is 4.52. The first-order valence-electron chi connectivity index (χ1n) is 6.34. The summed E-state index contributed by atoms with van der Waals surface area (Å²) in [7, 11) is 0. The van der Waals surface area contributed by atoms with Crippen LogP contribution in [0.2, 0.25) is 5.02 Å². The second kappa shape index (κ2) is 8.05. The fraction of sp³-hybridized carbons (Fsp3) is 0.571. The van der Waals surface area contributed by atoms with E-state index in [4.69, 9.17) is 17.3 Å². The summed E-state index contributed by atoms with van der Waals surface area (Å²) >= 11 is 7.71. The van der Waals surface area contributed by atoms with Crippen LogP contribution in [0.3, 0.4) is 0 Å². The minimum absolute atomic E-state index is 0.353. The first-order valence-corrected chi connectivity index (χ1v) is 7.87. The molecule has 1 atom stereocenters. The summed E-state index contributed by atoms with van der Waals surface area (Å²) in [4.78, 5) is 0. The quantitative estimate of drug-likeness (QED) is 0.720. The second-order valence-electron chi connectivity index (χ2n) is 4.56. The molecule has 4 heteroatoms. The number of hydrogen-bond donors (Lipinski definition) is 2. The van der Waals surface area contributed by atoms with Crippen molar-refractivity contribution in [1.82, 2.24) is 0 Å². The molecule has 0 saturated heterocycles. The van der Waals surface area contributed by atoms with Crippen LogP contribution in [0.4, 0.5) is 0 Å². The predicted molar refractivity (Wildman–Crippen MR) is 81.1 cm³/mol. The summed E-state index contributed by atoms with van der Waals surface area (Å²) in [5.74, 6) is 2.04. The van der Waals surface area contributed by atoms with E-state index in [9.17, 15) is 5.11 Å². The predicted octanol–water partition coefficient (Wildman–Crippen LogP) is 3.45. The largest absolute Gasteiger partial charge is 0.389 e. The molecule has 102 valence electrons. The zero-order valence-electron chi connectivity index (χ0n) is 10.9. The highest BCUT2D eigenvalue weighted by Gasteiger charge is 2.21. The average Bonchev–Trinajstić information content (AvgIpc) is 2.40. The summed E-state index contributed by atoms with van der Waals surface area (Å²) in [6.45, 7) is 2.33. The molecule has 0 heterocycles. The summed E-state index contributed by atoms with van der Waals surface area (Å²) in [5.41, 5.74) is 6.19. The van der Waals surface area contributed by atoms with Crippen molar-refractivity contribution in [3.05, 3.63) is 34.9 Å². The molecule has 0 saturated carbocycles. The Bertz CT molecular complexity index is 338. The van der Waals surface area contributed by atoms with Gasteiger partial charge in [0.1, 0.15) is 0 Å². The van der Waals surface area contributed by atoms with Crippen LogP contribution in [-0.4, -0.2) is 23.0 Å². The van der Waals surface area contributed by atoms with Crippen LogP contribution in [0.15, 0.2) is 24.3 Å². The van der Waals surface area contributed by atoms with E-state index < -0.39 is 5.60 Å².